The van der Waals surface area contributed by atoms with Crippen molar-refractivity contribution in [1.82, 2.24) is 4.90 Å². The van der Waals surface area contributed by atoms with Crippen LogP contribution in [0.3, 0.4) is 0 Å². The lowest BCUT2D eigenvalue weighted by Gasteiger charge is -2.36. The molecule has 2 atom stereocenters. The predicted molar refractivity (Wildman–Crippen MR) is 76.2 cm³/mol. The fourth-order valence-electron chi connectivity index (χ4n) is 2.81. The van der Waals surface area contributed by atoms with E-state index in [2.05, 4.69) is 0 Å². The van der Waals surface area contributed by atoms with Gasteiger partial charge in [-0.2, -0.15) is 0 Å². The zero-order valence-electron chi connectivity index (χ0n) is 12.0. The maximum atomic E-state index is 12.5. The number of carboxylic acids is 1. The fourth-order valence-corrected chi connectivity index (χ4v) is 2.81. The lowest BCUT2D eigenvalue weighted by atomic mass is 9.92. The molecule has 0 spiro atoms. The van der Waals surface area contributed by atoms with Gasteiger partial charge in [-0.3, -0.25) is 4.79 Å². The van der Waals surface area contributed by atoms with Crippen LogP contribution in [0.2, 0.25) is 0 Å². The Morgan fingerprint density at radius 1 is 1.35 bits per heavy atom. The first-order valence-electron chi connectivity index (χ1n) is 7.14. The van der Waals surface area contributed by atoms with Gasteiger partial charge in [0, 0.05) is 18.9 Å². The molecule has 1 aliphatic heterocycles. The molecule has 1 aromatic rings. The molecule has 1 N–H and O–H groups in total. The fraction of sp³-hybridized carbons (Fsp3) is 0.500. The third-order valence-electron chi connectivity index (χ3n) is 3.96. The number of carbonyl (C=O) groups excluding carboxylic acids is 1. The second kappa shape index (κ2) is 6.07. The van der Waals surface area contributed by atoms with E-state index in [0.29, 0.717) is 13.0 Å². The molecule has 0 saturated carbocycles. The minimum atomic E-state index is -0.920. The molecule has 0 radical (unpaired) electrons. The van der Waals surface area contributed by atoms with Gasteiger partial charge in [-0.15, -0.1) is 0 Å². The van der Waals surface area contributed by atoms with Crippen molar-refractivity contribution in [3.8, 4) is 0 Å². The largest absolute Gasteiger partial charge is 0.480 e. The number of rotatable bonds is 4. The maximum Gasteiger partial charge on any atom is 0.326 e. The van der Waals surface area contributed by atoms with Gasteiger partial charge in [0.05, 0.1) is 0 Å². The molecule has 1 aliphatic rings. The van der Waals surface area contributed by atoms with Gasteiger partial charge < -0.3 is 10.0 Å². The van der Waals surface area contributed by atoms with Gasteiger partial charge in [0.25, 0.3) is 0 Å². The number of hydrogen-bond donors (Lipinski definition) is 1. The van der Waals surface area contributed by atoms with Gasteiger partial charge in [-0.05, 0) is 17.5 Å². The van der Waals surface area contributed by atoms with Crippen molar-refractivity contribution in [3.05, 3.63) is 35.4 Å². The Balaban J connectivity index is 2.26. The average molecular weight is 275 g/mol. The van der Waals surface area contributed by atoms with Crippen molar-refractivity contribution in [1.29, 1.82) is 0 Å². The van der Waals surface area contributed by atoms with Crippen LogP contribution in [0.4, 0.5) is 0 Å². The topological polar surface area (TPSA) is 57.6 Å². The van der Waals surface area contributed by atoms with Crippen LogP contribution < -0.4 is 0 Å². The Hall–Kier alpha value is -1.84. The van der Waals surface area contributed by atoms with Crippen LogP contribution in [0.25, 0.3) is 0 Å². The molecule has 1 heterocycles. The number of carboxylic acid groups (broad SMARTS) is 1. The molecule has 2 unspecified atom stereocenters. The van der Waals surface area contributed by atoms with Gasteiger partial charge in [0.1, 0.15) is 6.04 Å². The van der Waals surface area contributed by atoms with Gasteiger partial charge in [-0.25, -0.2) is 4.79 Å². The highest BCUT2D eigenvalue weighted by Crippen LogP contribution is 2.25. The minimum Gasteiger partial charge on any atom is -0.480 e. The zero-order chi connectivity index (χ0) is 14.7. The summed E-state index contributed by atoms with van der Waals surface area (Å²) in [6, 6.07) is 7.02. The summed E-state index contributed by atoms with van der Waals surface area (Å²) in [7, 11) is 0. The molecule has 0 saturated heterocycles. The van der Waals surface area contributed by atoms with E-state index in [0.717, 1.165) is 24.0 Å². The van der Waals surface area contributed by atoms with E-state index in [-0.39, 0.29) is 11.8 Å². The standard InChI is InChI=1S/C16H21NO3/c1-3-6-11(2)15(18)17-10-13-8-5-4-7-12(13)9-14(17)16(19)20/h4-5,7-8,11,14H,3,6,9-10H2,1-2H3,(H,19,20). The Bertz CT molecular complexity index is 512. The summed E-state index contributed by atoms with van der Waals surface area (Å²) in [6.07, 6.45) is 2.12. The number of hydrogen-bond acceptors (Lipinski definition) is 2. The Kier molecular flexibility index (Phi) is 4.42. The predicted octanol–water partition coefficient (Wildman–Crippen LogP) is 2.46. The Morgan fingerprint density at radius 2 is 2.00 bits per heavy atom. The summed E-state index contributed by atoms with van der Waals surface area (Å²) in [5, 5.41) is 9.40. The summed E-state index contributed by atoms with van der Waals surface area (Å²) in [6.45, 7) is 4.31. The van der Waals surface area contributed by atoms with Crippen molar-refractivity contribution >= 4 is 11.9 Å². The summed E-state index contributed by atoms with van der Waals surface area (Å²) in [5.41, 5.74) is 2.09. The molecule has 1 amide bonds. The molecule has 2 rings (SSSR count). The minimum absolute atomic E-state index is 0.0475. The summed E-state index contributed by atoms with van der Waals surface area (Å²) < 4.78 is 0. The summed E-state index contributed by atoms with van der Waals surface area (Å²) in [5.74, 6) is -1.09. The van der Waals surface area contributed by atoms with E-state index in [9.17, 15) is 14.7 Å². The molecule has 4 nitrogen and oxygen atoms in total. The van der Waals surface area contributed by atoms with Crippen molar-refractivity contribution < 1.29 is 14.7 Å². The van der Waals surface area contributed by atoms with Gasteiger partial charge in [0.2, 0.25) is 5.91 Å². The van der Waals surface area contributed by atoms with E-state index in [4.69, 9.17) is 0 Å². The van der Waals surface area contributed by atoms with Crippen LogP contribution >= 0.6 is 0 Å². The highest BCUT2D eigenvalue weighted by Gasteiger charge is 2.35. The second-order valence-electron chi connectivity index (χ2n) is 5.48. The molecular weight excluding hydrogens is 254 g/mol. The normalized spacial score (nSPS) is 19.3. The van der Waals surface area contributed by atoms with Gasteiger partial charge >= 0.3 is 5.97 Å². The quantitative estimate of drug-likeness (QED) is 0.918. The monoisotopic (exact) mass is 275 g/mol. The van der Waals surface area contributed by atoms with E-state index < -0.39 is 12.0 Å². The number of amides is 1. The smallest absolute Gasteiger partial charge is 0.326 e. The van der Waals surface area contributed by atoms with E-state index in [1.54, 1.807) is 0 Å². The number of nitrogens with zero attached hydrogens (tertiary/aromatic N) is 1. The second-order valence-corrected chi connectivity index (χ2v) is 5.48. The van der Waals surface area contributed by atoms with Crippen LogP contribution in [-0.2, 0) is 22.6 Å². The first-order chi connectivity index (χ1) is 9.54. The molecule has 1 aromatic carbocycles. The third kappa shape index (κ3) is 2.84. The van der Waals surface area contributed by atoms with E-state index >= 15 is 0 Å². The summed E-state index contributed by atoms with van der Waals surface area (Å²) >= 11 is 0. The van der Waals surface area contributed by atoms with E-state index in [1.807, 2.05) is 38.1 Å². The van der Waals surface area contributed by atoms with Crippen molar-refractivity contribution in [2.75, 3.05) is 0 Å². The first kappa shape index (κ1) is 14.6. The van der Waals surface area contributed by atoms with Crippen LogP contribution in [0, 0.1) is 5.92 Å². The van der Waals surface area contributed by atoms with Gasteiger partial charge in [0.15, 0.2) is 0 Å². The molecule has 0 aromatic heterocycles. The van der Waals surface area contributed by atoms with Crippen molar-refractivity contribution in [3.63, 3.8) is 0 Å². The number of carbonyl (C=O) groups is 2. The molecule has 0 bridgehead atoms. The first-order valence-corrected chi connectivity index (χ1v) is 7.14. The van der Waals surface area contributed by atoms with Crippen molar-refractivity contribution in [2.45, 2.75) is 45.7 Å². The van der Waals surface area contributed by atoms with Crippen LogP contribution in [0.1, 0.15) is 37.8 Å². The molecule has 0 aliphatic carbocycles. The maximum absolute atomic E-state index is 12.5. The number of fused-ring (bicyclic) bond motifs is 1. The average Bonchev–Trinajstić information content (AvgIpc) is 2.45. The highest BCUT2D eigenvalue weighted by molar-refractivity contribution is 5.85. The molecular formula is C16H21NO3. The SMILES string of the molecule is CCCC(C)C(=O)N1Cc2ccccc2CC1C(=O)O. The van der Waals surface area contributed by atoms with Crippen LogP contribution in [-0.4, -0.2) is 27.9 Å². The van der Waals surface area contributed by atoms with Crippen LogP contribution in [0.15, 0.2) is 24.3 Å². The highest BCUT2D eigenvalue weighted by atomic mass is 16.4. The Labute approximate surface area is 119 Å². The van der Waals surface area contributed by atoms with Crippen molar-refractivity contribution in [2.24, 2.45) is 5.92 Å². The number of benzene rings is 1. The zero-order valence-corrected chi connectivity index (χ0v) is 12.0. The lowest BCUT2D eigenvalue weighted by Crippen LogP contribution is -2.50. The molecule has 0 fully saturated rings. The third-order valence-corrected chi connectivity index (χ3v) is 3.96. The molecule has 108 valence electrons. The van der Waals surface area contributed by atoms with Gasteiger partial charge in [-0.1, -0.05) is 44.5 Å². The van der Waals surface area contributed by atoms with E-state index in [1.165, 1.54) is 4.90 Å². The number of aliphatic carboxylic acids is 1. The Morgan fingerprint density at radius 3 is 2.60 bits per heavy atom. The molecule has 20 heavy (non-hydrogen) atoms. The summed E-state index contributed by atoms with van der Waals surface area (Å²) in [4.78, 5) is 25.5. The lowest BCUT2D eigenvalue weighted by molar-refractivity contribution is -0.153. The molecule has 4 heteroatoms. The van der Waals surface area contributed by atoms with Crippen LogP contribution in [0.5, 0.6) is 0 Å².